The zero-order valence-electron chi connectivity index (χ0n) is 9.36. The number of hydrogen-bond acceptors (Lipinski definition) is 3. The van der Waals surface area contributed by atoms with E-state index in [1.165, 1.54) is 9.35 Å². The maximum Gasteiger partial charge on any atom is 0.0701 e. The summed E-state index contributed by atoms with van der Waals surface area (Å²) in [6.07, 6.45) is 1.84. The molecule has 0 aliphatic heterocycles. The molecular formula is C12H12Br2N2S. The Hall–Kier alpha value is -0.230. The van der Waals surface area contributed by atoms with Gasteiger partial charge in [0, 0.05) is 23.8 Å². The van der Waals surface area contributed by atoms with Crippen LogP contribution in [0, 0.1) is 0 Å². The van der Waals surface area contributed by atoms with Gasteiger partial charge in [-0.05, 0) is 68.1 Å². The zero-order chi connectivity index (χ0) is 12.3. The van der Waals surface area contributed by atoms with Crippen LogP contribution in [0.2, 0.25) is 0 Å². The standard InChI is InChI=1S/C12H12Br2N2S/c1-16(6-9-4-12(14)17-8-9)7-11-3-2-10(13)5-15-11/h2-5,8H,6-7H2,1H3. The van der Waals surface area contributed by atoms with Crippen LogP contribution in [-0.2, 0) is 13.1 Å². The molecule has 0 radical (unpaired) electrons. The van der Waals surface area contributed by atoms with Crippen LogP contribution < -0.4 is 0 Å². The van der Waals surface area contributed by atoms with E-state index < -0.39 is 0 Å². The fourth-order valence-electron chi connectivity index (χ4n) is 1.57. The molecule has 17 heavy (non-hydrogen) atoms. The molecule has 0 N–H and O–H groups in total. The highest BCUT2D eigenvalue weighted by atomic mass is 79.9. The van der Waals surface area contributed by atoms with Gasteiger partial charge < -0.3 is 0 Å². The predicted molar refractivity (Wildman–Crippen MR) is 79.1 cm³/mol. The molecule has 0 atom stereocenters. The first-order valence-electron chi connectivity index (χ1n) is 5.15. The third kappa shape index (κ3) is 4.17. The fourth-order valence-corrected chi connectivity index (χ4v) is 3.01. The van der Waals surface area contributed by atoms with E-state index in [1.54, 1.807) is 11.3 Å². The summed E-state index contributed by atoms with van der Waals surface area (Å²) in [5.41, 5.74) is 2.42. The predicted octanol–water partition coefficient (Wildman–Crippen LogP) is 4.30. The second-order valence-electron chi connectivity index (χ2n) is 3.90. The molecule has 2 aromatic heterocycles. The lowest BCUT2D eigenvalue weighted by Crippen LogP contribution is -2.17. The van der Waals surface area contributed by atoms with Crippen molar-refractivity contribution in [3.63, 3.8) is 0 Å². The maximum atomic E-state index is 4.37. The Bertz CT molecular complexity index is 482. The van der Waals surface area contributed by atoms with Gasteiger partial charge in [0.15, 0.2) is 0 Å². The van der Waals surface area contributed by atoms with Crippen LogP contribution in [0.1, 0.15) is 11.3 Å². The van der Waals surface area contributed by atoms with Gasteiger partial charge in [-0.15, -0.1) is 11.3 Å². The zero-order valence-corrected chi connectivity index (χ0v) is 13.3. The van der Waals surface area contributed by atoms with Crippen LogP contribution in [0.3, 0.4) is 0 Å². The average Bonchev–Trinajstić information content (AvgIpc) is 2.67. The van der Waals surface area contributed by atoms with Crippen LogP contribution in [0.5, 0.6) is 0 Å². The van der Waals surface area contributed by atoms with Crippen molar-refractivity contribution in [1.82, 2.24) is 9.88 Å². The second-order valence-corrected chi connectivity index (χ2v) is 7.11. The molecule has 2 rings (SSSR count). The minimum Gasteiger partial charge on any atom is -0.296 e. The first-order valence-corrected chi connectivity index (χ1v) is 7.62. The molecule has 2 heterocycles. The molecule has 0 aliphatic carbocycles. The summed E-state index contributed by atoms with van der Waals surface area (Å²) < 4.78 is 2.20. The van der Waals surface area contributed by atoms with Crippen molar-refractivity contribution in [3.05, 3.63) is 49.3 Å². The van der Waals surface area contributed by atoms with Crippen molar-refractivity contribution in [1.29, 1.82) is 0 Å². The number of halogens is 2. The molecule has 0 saturated heterocycles. The van der Waals surface area contributed by atoms with E-state index >= 15 is 0 Å². The molecule has 0 aromatic carbocycles. The smallest absolute Gasteiger partial charge is 0.0701 e. The fraction of sp³-hybridized carbons (Fsp3) is 0.250. The van der Waals surface area contributed by atoms with E-state index in [0.29, 0.717) is 0 Å². The van der Waals surface area contributed by atoms with Gasteiger partial charge in [0.05, 0.1) is 9.48 Å². The quantitative estimate of drug-likeness (QED) is 0.791. The molecule has 0 unspecified atom stereocenters. The molecule has 2 aromatic rings. The summed E-state index contributed by atoms with van der Waals surface area (Å²) in [6.45, 7) is 1.81. The van der Waals surface area contributed by atoms with Gasteiger partial charge in [-0.1, -0.05) is 0 Å². The summed E-state index contributed by atoms with van der Waals surface area (Å²) in [5, 5.41) is 2.18. The van der Waals surface area contributed by atoms with Crippen molar-refractivity contribution in [3.8, 4) is 0 Å². The summed E-state index contributed by atoms with van der Waals surface area (Å²) in [4.78, 5) is 6.62. The highest BCUT2D eigenvalue weighted by molar-refractivity contribution is 9.11. The first-order chi connectivity index (χ1) is 8.13. The third-order valence-corrected chi connectivity index (χ3v) is 4.32. The molecule has 2 nitrogen and oxygen atoms in total. The molecule has 0 aliphatic rings. The lowest BCUT2D eigenvalue weighted by atomic mass is 10.3. The molecular weight excluding hydrogens is 364 g/mol. The van der Waals surface area contributed by atoms with E-state index in [9.17, 15) is 0 Å². The Morgan fingerprint density at radius 1 is 1.29 bits per heavy atom. The molecule has 0 spiro atoms. The molecule has 0 bridgehead atoms. The van der Waals surface area contributed by atoms with Gasteiger partial charge in [0.25, 0.3) is 0 Å². The summed E-state index contributed by atoms with van der Waals surface area (Å²) in [7, 11) is 2.11. The van der Waals surface area contributed by atoms with Gasteiger partial charge >= 0.3 is 0 Å². The lowest BCUT2D eigenvalue weighted by Gasteiger charge is -2.15. The minimum atomic E-state index is 0.862. The number of thiophene rings is 1. The van der Waals surface area contributed by atoms with Crippen molar-refractivity contribution in [2.75, 3.05) is 7.05 Å². The number of pyridine rings is 1. The Morgan fingerprint density at radius 3 is 2.71 bits per heavy atom. The van der Waals surface area contributed by atoms with Crippen molar-refractivity contribution in [2.45, 2.75) is 13.1 Å². The van der Waals surface area contributed by atoms with E-state index in [2.05, 4.69) is 60.2 Å². The summed E-state index contributed by atoms with van der Waals surface area (Å²) in [6, 6.07) is 6.23. The number of nitrogens with zero attached hydrogens (tertiary/aromatic N) is 2. The molecule has 0 fully saturated rings. The highest BCUT2D eigenvalue weighted by Crippen LogP contribution is 2.21. The van der Waals surface area contributed by atoms with Crippen LogP contribution in [0.25, 0.3) is 0 Å². The van der Waals surface area contributed by atoms with Crippen molar-refractivity contribution >= 4 is 43.2 Å². The largest absolute Gasteiger partial charge is 0.296 e. The molecule has 5 heteroatoms. The van der Waals surface area contributed by atoms with E-state index in [0.717, 1.165) is 23.3 Å². The molecule has 0 amide bonds. The van der Waals surface area contributed by atoms with E-state index in [-0.39, 0.29) is 0 Å². The normalized spacial score (nSPS) is 11.1. The Balaban J connectivity index is 1.93. The van der Waals surface area contributed by atoms with Gasteiger partial charge in [0.2, 0.25) is 0 Å². The Morgan fingerprint density at radius 2 is 2.12 bits per heavy atom. The number of aromatic nitrogens is 1. The minimum absolute atomic E-state index is 0.862. The lowest BCUT2D eigenvalue weighted by molar-refractivity contribution is 0.315. The van der Waals surface area contributed by atoms with Gasteiger partial charge in [-0.3, -0.25) is 9.88 Å². The summed E-state index contributed by atoms with van der Waals surface area (Å²) >= 11 is 8.59. The molecule has 90 valence electrons. The molecule has 0 saturated carbocycles. The number of hydrogen-bond donors (Lipinski definition) is 0. The Labute approximate surface area is 122 Å². The van der Waals surface area contributed by atoms with Crippen LogP contribution >= 0.6 is 43.2 Å². The van der Waals surface area contributed by atoms with Crippen LogP contribution in [0.15, 0.2) is 38.0 Å². The van der Waals surface area contributed by atoms with Gasteiger partial charge in [-0.25, -0.2) is 0 Å². The third-order valence-electron chi connectivity index (χ3n) is 2.29. The van der Waals surface area contributed by atoms with Gasteiger partial charge in [-0.2, -0.15) is 0 Å². The SMILES string of the molecule is CN(Cc1csc(Br)c1)Cc1ccc(Br)cn1. The summed E-state index contributed by atoms with van der Waals surface area (Å²) in [5.74, 6) is 0. The maximum absolute atomic E-state index is 4.37. The van der Waals surface area contributed by atoms with Crippen LogP contribution in [-0.4, -0.2) is 16.9 Å². The van der Waals surface area contributed by atoms with Crippen LogP contribution in [0.4, 0.5) is 0 Å². The van der Waals surface area contributed by atoms with E-state index in [4.69, 9.17) is 0 Å². The first kappa shape index (κ1) is 13.2. The topological polar surface area (TPSA) is 16.1 Å². The Kier molecular flexibility index (Phi) is 4.73. The average molecular weight is 376 g/mol. The highest BCUT2D eigenvalue weighted by Gasteiger charge is 2.04. The van der Waals surface area contributed by atoms with E-state index in [1.807, 2.05) is 18.3 Å². The van der Waals surface area contributed by atoms with Gasteiger partial charge in [0.1, 0.15) is 0 Å². The van der Waals surface area contributed by atoms with Crippen molar-refractivity contribution in [2.24, 2.45) is 0 Å². The van der Waals surface area contributed by atoms with Crippen molar-refractivity contribution < 1.29 is 0 Å². The second kappa shape index (κ2) is 6.09. The monoisotopic (exact) mass is 374 g/mol. The number of rotatable bonds is 4.